The second kappa shape index (κ2) is 15.2. The minimum atomic E-state index is -4.26. The monoisotopic (exact) mass is 661 g/mol. The van der Waals surface area contributed by atoms with Crippen molar-refractivity contribution in [3.8, 4) is 11.5 Å². The number of halogens is 6. The molecule has 15 heteroatoms. The summed E-state index contributed by atoms with van der Waals surface area (Å²) in [5.41, 5.74) is 0.114. The highest BCUT2D eigenvalue weighted by molar-refractivity contribution is 7.57. The van der Waals surface area contributed by atoms with Crippen LogP contribution in [0, 0.1) is 29.1 Å². The topological polar surface area (TPSA) is 90.9 Å². The van der Waals surface area contributed by atoms with Crippen molar-refractivity contribution in [1.82, 2.24) is 5.09 Å². The van der Waals surface area contributed by atoms with Gasteiger partial charge in [0.1, 0.15) is 11.8 Å². The minimum absolute atomic E-state index is 0.114. The summed E-state index contributed by atoms with van der Waals surface area (Å²) in [4.78, 5) is 23.7. The Hall–Kier alpha value is -3.87. The molecule has 7 nitrogen and oxygen atoms in total. The van der Waals surface area contributed by atoms with Gasteiger partial charge in [-0.25, -0.2) is 22.6 Å². The van der Waals surface area contributed by atoms with Crippen LogP contribution in [0.1, 0.15) is 41.4 Å². The highest BCUT2D eigenvalue weighted by Crippen LogP contribution is 2.58. The molecule has 0 amide bonds. The third-order valence-corrected chi connectivity index (χ3v) is 8.95. The summed E-state index contributed by atoms with van der Waals surface area (Å²) < 4.78 is 107. The number of esters is 1. The number of hydrogen-bond donors (Lipinski definition) is 1. The van der Waals surface area contributed by atoms with Crippen molar-refractivity contribution in [2.24, 2.45) is 0 Å². The van der Waals surface area contributed by atoms with Gasteiger partial charge in [0.05, 0.1) is 18.6 Å². The molecule has 0 saturated heterocycles. The van der Waals surface area contributed by atoms with E-state index in [2.05, 4.69) is 9.82 Å². The number of nitrogens with one attached hydrogen (secondary N) is 1. The second-order valence-electron chi connectivity index (χ2n) is 9.02. The first kappa shape index (κ1) is 34.6. The molecule has 0 aliphatic carbocycles. The predicted octanol–water partition coefficient (Wildman–Crippen LogP) is 8.28. The number of thiophene rings is 1. The van der Waals surface area contributed by atoms with E-state index >= 15 is 4.39 Å². The van der Waals surface area contributed by atoms with E-state index in [0.717, 1.165) is 18.1 Å². The Morgan fingerprint density at radius 2 is 1.59 bits per heavy atom. The number of methoxy groups -OCH3 is 1. The number of aldehydes is 1. The average molecular weight is 662 g/mol. The zero-order chi connectivity index (χ0) is 32.6. The first-order valence-electron chi connectivity index (χ1n) is 12.8. The number of carbonyl (C=O) groups is 2. The van der Waals surface area contributed by atoms with Crippen LogP contribution in [0.3, 0.4) is 0 Å². The molecule has 1 N–H and O–H groups in total. The lowest BCUT2D eigenvalue weighted by Crippen LogP contribution is -2.35. The van der Waals surface area contributed by atoms with E-state index in [0.29, 0.717) is 16.7 Å². The van der Waals surface area contributed by atoms with Crippen molar-refractivity contribution in [3.05, 3.63) is 94.1 Å². The number of alkyl halides is 1. The van der Waals surface area contributed by atoms with E-state index in [4.69, 9.17) is 9.26 Å². The highest BCUT2D eigenvalue weighted by Gasteiger charge is 2.40. The molecule has 236 valence electrons. The zero-order valence-electron chi connectivity index (χ0n) is 23.4. The molecule has 0 radical (unpaired) electrons. The number of rotatable bonds is 11. The summed E-state index contributed by atoms with van der Waals surface area (Å²) in [6.07, 6.45) is 1.36. The molecular formula is C29H26F6NO6PS. The van der Waals surface area contributed by atoms with Crippen molar-refractivity contribution < 1.29 is 54.5 Å². The summed E-state index contributed by atoms with van der Waals surface area (Å²) in [6.45, 7) is 3.51. The van der Waals surface area contributed by atoms with Gasteiger partial charge in [-0.2, -0.15) is 8.78 Å². The van der Waals surface area contributed by atoms with Crippen molar-refractivity contribution in [1.29, 1.82) is 0 Å². The SMILES string of the molecule is CCCOC(=O)C(C)NP(=O)(Oc1ccccc1)C(F)c1ccc2sc(C=O)cc2c1.COc1c(F)c(F)c(F)c(F)c1F. The lowest BCUT2D eigenvalue weighted by molar-refractivity contribution is -0.145. The molecule has 1 aromatic heterocycles. The molecule has 0 aliphatic rings. The van der Waals surface area contributed by atoms with E-state index in [1.807, 2.05) is 6.92 Å². The number of fused-ring (bicyclic) bond motifs is 1. The van der Waals surface area contributed by atoms with Crippen molar-refractivity contribution >= 4 is 41.2 Å². The highest BCUT2D eigenvalue weighted by atomic mass is 32.1. The molecule has 0 aliphatic heterocycles. The van der Waals surface area contributed by atoms with Gasteiger partial charge in [-0.3, -0.25) is 14.2 Å². The molecule has 4 aromatic rings. The maximum absolute atomic E-state index is 15.7. The summed E-state index contributed by atoms with van der Waals surface area (Å²) in [6, 6.07) is 13.5. The van der Waals surface area contributed by atoms with Crippen LogP contribution in [0.4, 0.5) is 26.3 Å². The largest absolute Gasteiger partial charge is 0.491 e. The van der Waals surface area contributed by atoms with Crippen LogP contribution in [0.2, 0.25) is 0 Å². The van der Waals surface area contributed by atoms with Gasteiger partial charge in [0, 0.05) is 4.70 Å². The maximum atomic E-state index is 15.7. The molecule has 0 spiro atoms. The summed E-state index contributed by atoms with van der Waals surface area (Å²) in [5.74, 6) is -14.0. The number of para-hydroxylation sites is 1. The Labute approximate surface area is 252 Å². The molecule has 1 heterocycles. The van der Waals surface area contributed by atoms with Crippen LogP contribution in [-0.2, 0) is 14.1 Å². The van der Waals surface area contributed by atoms with Gasteiger partial charge < -0.3 is 14.0 Å². The van der Waals surface area contributed by atoms with Gasteiger partial charge >= 0.3 is 13.5 Å². The fourth-order valence-electron chi connectivity index (χ4n) is 3.68. The standard InChI is InChI=1S/C22H23FNO5PS.C7H3F5O/c1-3-11-28-22(26)15(2)24-30(27,29-18-7-5-4-6-8-18)21(23)16-9-10-20-17(12-16)13-19(14-25)31-20;1-13-7-5(11)3(9)2(8)4(10)6(7)12/h4-10,12-15,21H,3,11H2,1-2H3,(H,24,27);1H3. The Balaban J connectivity index is 0.000000340. The fourth-order valence-corrected chi connectivity index (χ4v) is 6.44. The first-order chi connectivity index (χ1) is 20.9. The van der Waals surface area contributed by atoms with Gasteiger partial charge in [0.15, 0.2) is 12.0 Å². The van der Waals surface area contributed by atoms with Gasteiger partial charge in [0.25, 0.3) is 0 Å². The molecule has 44 heavy (non-hydrogen) atoms. The maximum Gasteiger partial charge on any atom is 0.355 e. The molecule has 3 aromatic carbocycles. The number of benzene rings is 3. The van der Waals surface area contributed by atoms with E-state index in [1.165, 1.54) is 30.4 Å². The molecule has 0 bridgehead atoms. The summed E-state index contributed by atoms with van der Waals surface area (Å²) in [5, 5.41) is 3.20. The summed E-state index contributed by atoms with van der Waals surface area (Å²) in [7, 11) is -3.45. The van der Waals surface area contributed by atoms with Gasteiger partial charge in [-0.1, -0.05) is 31.2 Å². The Kier molecular flexibility index (Phi) is 12.0. The fraction of sp³-hybridized carbons (Fsp3) is 0.241. The third-order valence-electron chi connectivity index (χ3n) is 5.78. The van der Waals surface area contributed by atoms with Crippen LogP contribution in [0.15, 0.2) is 54.6 Å². The second-order valence-corrected chi connectivity index (χ2v) is 12.2. The Bertz CT molecular complexity index is 1640. The zero-order valence-corrected chi connectivity index (χ0v) is 25.1. The van der Waals surface area contributed by atoms with Gasteiger partial charge in [-0.05, 0) is 54.6 Å². The van der Waals surface area contributed by atoms with Gasteiger partial charge in [0.2, 0.25) is 35.0 Å². The van der Waals surface area contributed by atoms with Crippen LogP contribution in [-0.4, -0.2) is 32.0 Å². The lowest BCUT2D eigenvalue weighted by atomic mass is 10.2. The van der Waals surface area contributed by atoms with E-state index in [-0.39, 0.29) is 17.9 Å². The number of carbonyl (C=O) groups excluding carboxylic acids is 2. The quantitative estimate of drug-likeness (QED) is 0.0432. The van der Waals surface area contributed by atoms with Crippen LogP contribution >= 0.6 is 18.9 Å². The van der Waals surface area contributed by atoms with Crippen molar-refractivity contribution in [2.45, 2.75) is 32.2 Å². The Morgan fingerprint density at radius 1 is 0.977 bits per heavy atom. The normalized spacial score (nSPS) is 13.7. The van der Waals surface area contributed by atoms with Crippen LogP contribution < -0.4 is 14.3 Å². The third kappa shape index (κ3) is 7.99. The van der Waals surface area contributed by atoms with E-state index in [9.17, 15) is 36.1 Å². The minimum Gasteiger partial charge on any atom is -0.491 e. The molecule has 0 saturated carbocycles. The number of ether oxygens (including phenoxy) is 2. The van der Waals surface area contributed by atoms with Crippen molar-refractivity contribution in [3.63, 3.8) is 0 Å². The van der Waals surface area contributed by atoms with Crippen LogP contribution in [0.5, 0.6) is 11.5 Å². The predicted molar refractivity (Wildman–Crippen MR) is 152 cm³/mol. The molecular weight excluding hydrogens is 635 g/mol. The summed E-state index contributed by atoms with van der Waals surface area (Å²) >= 11 is 1.28. The molecule has 3 unspecified atom stereocenters. The number of hydrogen-bond acceptors (Lipinski definition) is 7. The average Bonchev–Trinajstić information content (AvgIpc) is 3.45. The molecule has 4 rings (SSSR count). The Morgan fingerprint density at radius 3 is 2.16 bits per heavy atom. The molecule has 0 fully saturated rings. The first-order valence-corrected chi connectivity index (χ1v) is 15.3. The van der Waals surface area contributed by atoms with Gasteiger partial charge in [-0.15, -0.1) is 11.3 Å². The van der Waals surface area contributed by atoms with E-state index in [1.54, 1.807) is 42.5 Å². The van der Waals surface area contributed by atoms with E-state index < -0.39 is 60.3 Å². The van der Waals surface area contributed by atoms with Crippen LogP contribution in [0.25, 0.3) is 10.1 Å². The molecule has 3 atom stereocenters. The lowest BCUT2D eigenvalue weighted by Gasteiger charge is -2.26. The van der Waals surface area contributed by atoms with Crippen molar-refractivity contribution in [2.75, 3.05) is 13.7 Å². The smallest absolute Gasteiger partial charge is 0.355 e.